The maximum Gasteiger partial charge on any atom is 0.319 e. The highest BCUT2D eigenvalue weighted by molar-refractivity contribution is 5.52. The highest BCUT2D eigenvalue weighted by Crippen LogP contribution is 2.17. The molecule has 0 unspecified atom stereocenters. The Morgan fingerprint density at radius 3 is 2.77 bits per heavy atom. The van der Waals surface area contributed by atoms with Crippen LogP contribution in [0.4, 0.5) is 0 Å². The molecule has 13 heavy (non-hydrogen) atoms. The van der Waals surface area contributed by atoms with Gasteiger partial charge in [0.15, 0.2) is 0 Å². The van der Waals surface area contributed by atoms with Gasteiger partial charge in [-0.1, -0.05) is 6.58 Å². The fourth-order valence-corrected chi connectivity index (χ4v) is 0.831. The van der Waals surface area contributed by atoms with Crippen LogP contribution in [0.1, 0.15) is 5.56 Å². The SMILES string of the molecule is C=C=Cc1cnc(OC)nc1OC. The Bertz CT molecular complexity index is 343. The first-order valence-electron chi connectivity index (χ1n) is 3.62. The summed E-state index contributed by atoms with van der Waals surface area (Å²) in [5, 5.41) is 0. The average molecular weight is 178 g/mol. The Morgan fingerprint density at radius 1 is 1.46 bits per heavy atom. The number of aromatic nitrogens is 2. The van der Waals surface area contributed by atoms with Crippen LogP contribution < -0.4 is 9.47 Å². The summed E-state index contributed by atoms with van der Waals surface area (Å²) in [4.78, 5) is 7.89. The molecule has 1 aromatic rings. The summed E-state index contributed by atoms with van der Waals surface area (Å²) in [6, 6.07) is 0.276. The fourth-order valence-electron chi connectivity index (χ4n) is 0.831. The van der Waals surface area contributed by atoms with Gasteiger partial charge in [-0.3, -0.25) is 0 Å². The van der Waals surface area contributed by atoms with Gasteiger partial charge >= 0.3 is 6.01 Å². The van der Waals surface area contributed by atoms with Gasteiger partial charge in [0.2, 0.25) is 5.88 Å². The fraction of sp³-hybridized carbons (Fsp3) is 0.222. The summed E-state index contributed by atoms with van der Waals surface area (Å²) in [6.07, 6.45) is 3.22. The van der Waals surface area contributed by atoms with E-state index in [-0.39, 0.29) is 6.01 Å². The highest BCUT2D eigenvalue weighted by Gasteiger charge is 2.04. The van der Waals surface area contributed by atoms with E-state index in [1.807, 2.05) is 0 Å². The van der Waals surface area contributed by atoms with Gasteiger partial charge in [0.05, 0.1) is 19.8 Å². The number of methoxy groups -OCH3 is 2. The number of rotatable bonds is 3. The van der Waals surface area contributed by atoms with Crippen LogP contribution in [0.15, 0.2) is 18.5 Å². The Morgan fingerprint density at radius 2 is 2.23 bits per heavy atom. The molecule has 0 bridgehead atoms. The molecule has 0 spiro atoms. The quantitative estimate of drug-likeness (QED) is 0.654. The van der Waals surface area contributed by atoms with Gasteiger partial charge in [-0.25, -0.2) is 4.98 Å². The van der Waals surface area contributed by atoms with Crippen LogP contribution in [0.25, 0.3) is 6.08 Å². The normalized spacial score (nSPS) is 8.77. The van der Waals surface area contributed by atoms with E-state index in [1.54, 1.807) is 12.3 Å². The molecule has 0 amide bonds. The van der Waals surface area contributed by atoms with Crippen LogP contribution in [-0.4, -0.2) is 24.2 Å². The first-order valence-corrected chi connectivity index (χ1v) is 3.62. The molecule has 0 fully saturated rings. The first-order chi connectivity index (χ1) is 6.31. The van der Waals surface area contributed by atoms with Crippen LogP contribution in [0.5, 0.6) is 11.9 Å². The summed E-state index contributed by atoms with van der Waals surface area (Å²) in [5.74, 6) is 0.447. The van der Waals surface area contributed by atoms with Crippen LogP contribution in [0.2, 0.25) is 0 Å². The van der Waals surface area contributed by atoms with Crippen molar-refractivity contribution in [2.24, 2.45) is 0 Å². The van der Waals surface area contributed by atoms with Crippen molar-refractivity contribution in [3.63, 3.8) is 0 Å². The molecule has 0 radical (unpaired) electrons. The Kier molecular flexibility index (Phi) is 3.06. The monoisotopic (exact) mass is 178 g/mol. The van der Waals surface area contributed by atoms with Gasteiger partial charge in [-0.2, -0.15) is 4.98 Å². The van der Waals surface area contributed by atoms with Gasteiger partial charge in [-0.15, -0.1) is 5.73 Å². The molecule has 0 saturated carbocycles. The Labute approximate surface area is 76.5 Å². The number of nitrogens with zero attached hydrogens (tertiary/aromatic N) is 2. The molecule has 0 aliphatic rings. The molecule has 0 aromatic carbocycles. The third-order valence-electron chi connectivity index (χ3n) is 1.39. The van der Waals surface area contributed by atoms with Crippen molar-refractivity contribution in [2.45, 2.75) is 0 Å². The second-order valence-corrected chi connectivity index (χ2v) is 2.17. The number of hydrogen-bond acceptors (Lipinski definition) is 4. The maximum atomic E-state index is 5.01. The summed E-state index contributed by atoms with van der Waals surface area (Å²) >= 11 is 0. The van der Waals surface area contributed by atoms with Crippen molar-refractivity contribution in [1.82, 2.24) is 9.97 Å². The zero-order valence-electron chi connectivity index (χ0n) is 7.57. The first kappa shape index (κ1) is 9.29. The summed E-state index contributed by atoms with van der Waals surface area (Å²) in [7, 11) is 3.03. The van der Waals surface area contributed by atoms with Crippen molar-refractivity contribution >= 4 is 6.08 Å². The summed E-state index contributed by atoms with van der Waals surface area (Å²) in [5.41, 5.74) is 3.34. The van der Waals surface area contributed by atoms with E-state index in [0.29, 0.717) is 5.88 Å². The van der Waals surface area contributed by atoms with Crippen LogP contribution in [-0.2, 0) is 0 Å². The van der Waals surface area contributed by atoms with Crippen molar-refractivity contribution in [1.29, 1.82) is 0 Å². The van der Waals surface area contributed by atoms with Crippen LogP contribution in [0.3, 0.4) is 0 Å². The predicted octanol–water partition coefficient (Wildman–Crippen LogP) is 1.29. The standard InChI is InChI=1S/C9H10N2O2/c1-4-5-7-6-10-9(13-3)11-8(7)12-2/h5-6H,1H2,2-3H3. The zero-order valence-corrected chi connectivity index (χ0v) is 7.57. The van der Waals surface area contributed by atoms with Crippen molar-refractivity contribution < 1.29 is 9.47 Å². The average Bonchev–Trinajstić information content (AvgIpc) is 2.19. The third kappa shape index (κ3) is 2.07. The lowest BCUT2D eigenvalue weighted by Gasteiger charge is -2.03. The van der Waals surface area contributed by atoms with E-state index in [0.717, 1.165) is 5.56 Å². The molecule has 1 heterocycles. The predicted molar refractivity (Wildman–Crippen MR) is 48.7 cm³/mol. The highest BCUT2D eigenvalue weighted by atomic mass is 16.5. The second-order valence-electron chi connectivity index (χ2n) is 2.17. The number of ether oxygens (including phenoxy) is 2. The lowest BCUT2D eigenvalue weighted by Crippen LogP contribution is -1.96. The number of hydrogen-bond donors (Lipinski definition) is 0. The zero-order chi connectivity index (χ0) is 9.68. The topological polar surface area (TPSA) is 44.2 Å². The molecule has 0 N–H and O–H groups in total. The van der Waals surface area contributed by atoms with Gasteiger partial charge in [0, 0.05) is 6.20 Å². The summed E-state index contributed by atoms with van der Waals surface area (Å²) in [6.45, 7) is 3.45. The minimum absolute atomic E-state index is 0.276. The van der Waals surface area contributed by atoms with E-state index in [1.165, 1.54) is 14.2 Å². The molecule has 4 heteroatoms. The molecule has 4 nitrogen and oxygen atoms in total. The molecule has 1 aromatic heterocycles. The lowest BCUT2D eigenvalue weighted by atomic mass is 10.3. The van der Waals surface area contributed by atoms with Crippen LogP contribution >= 0.6 is 0 Å². The second kappa shape index (κ2) is 4.28. The van der Waals surface area contributed by atoms with Crippen molar-refractivity contribution in [3.05, 3.63) is 24.1 Å². The minimum atomic E-state index is 0.276. The third-order valence-corrected chi connectivity index (χ3v) is 1.39. The van der Waals surface area contributed by atoms with Gasteiger partial charge in [0.25, 0.3) is 0 Å². The molecule has 1 rings (SSSR count). The molecule has 0 saturated heterocycles. The largest absolute Gasteiger partial charge is 0.480 e. The van der Waals surface area contributed by atoms with E-state index in [4.69, 9.17) is 9.47 Å². The maximum absolute atomic E-state index is 5.01. The van der Waals surface area contributed by atoms with Crippen LogP contribution in [0, 0.1) is 0 Å². The molecular weight excluding hydrogens is 168 g/mol. The summed E-state index contributed by atoms with van der Waals surface area (Å²) < 4.78 is 9.85. The lowest BCUT2D eigenvalue weighted by molar-refractivity contribution is 0.351. The van der Waals surface area contributed by atoms with E-state index < -0.39 is 0 Å². The molecule has 0 aliphatic heterocycles. The molecule has 68 valence electrons. The van der Waals surface area contributed by atoms with Gasteiger partial charge in [-0.05, 0) is 6.08 Å². The minimum Gasteiger partial charge on any atom is -0.480 e. The molecule has 0 aliphatic carbocycles. The van der Waals surface area contributed by atoms with E-state index in [9.17, 15) is 0 Å². The molecular formula is C9H10N2O2. The van der Waals surface area contributed by atoms with E-state index >= 15 is 0 Å². The molecule has 0 atom stereocenters. The van der Waals surface area contributed by atoms with E-state index in [2.05, 4.69) is 22.3 Å². The van der Waals surface area contributed by atoms with Crippen molar-refractivity contribution in [3.8, 4) is 11.9 Å². The smallest absolute Gasteiger partial charge is 0.319 e. The van der Waals surface area contributed by atoms with Gasteiger partial charge < -0.3 is 9.47 Å². The Balaban J connectivity index is 3.15. The van der Waals surface area contributed by atoms with Crippen molar-refractivity contribution in [2.75, 3.05) is 14.2 Å². The Hall–Kier alpha value is -1.80. The van der Waals surface area contributed by atoms with Gasteiger partial charge in [0.1, 0.15) is 0 Å².